The van der Waals surface area contributed by atoms with Crippen LogP contribution in [0, 0.1) is 0 Å². The third-order valence-electron chi connectivity index (χ3n) is 3.08. The Morgan fingerprint density at radius 3 is 2.76 bits per heavy atom. The van der Waals surface area contributed by atoms with E-state index < -0.39 is 0 Å². The molecule has 0 aliphatic rings. The first kappa shape index (κ1) is 16.3. The van der Waals surface area contributed by atoms with Crippen LogP contribution in [0.1, 0.15) is 23.9 Å². The summed E-state index contributed by atoms with van der Waals surface area (Å²) in [6, 6.07) is 5.26. The maximum Gasteiger partial charge on any atom is 0.138 e. The maximum absolute atomic E-state index is 6.18. The quantitative estimate of drug-likeness (QED) is 0.795. The third-order valence-corrected chi connectivity index (χ3v) is 4.53. The highest BCUT2D eigenvalue weighted by molar-refractivity contribution is 9.10. The average Bonchev–Trinajstić information content (AvgIpc) is 2.72. The molecule has 1 aromatic carbocycles. The zero-order valence-corrected chi connectivity index (χ0v) is 14.8. The van der Waals surface area contributed by atoms with Crippen LogP contribution >= 0.6 is 39.7 Å². The molecule has 0 fully saturated rings. The first-order chi connectivity index (χ1) is 9.93. The summed E-state index contributed by atoms with van der Waals surface area (Å²) < 4.78 is 8.55. The summed E-state index contributed by atoms with van der Waals surface area (Å²) in [5.74, 6) is 0.586. The van der Waals surface area contributed by atoms with Crippen LogP contribution in [0.25, 0.3) is 0 Å². The molecule has 1 aromatic heterocycles. The molecule has 2 aromatic rings. The molecule has 0 amide bonds. The van der Waals surface area contributed by atoms with Crippen molar-refractivity contribution in [3.63, 3.8) is 0 Å². The van der Waals surface area contributed by atoms with Gasteiger partial charge in [0.25, 0.3) is 0 Å². The van der Waals surface area contributed by atoms with E-state index in [1.54, 1.807) is 22.9 Å². The lowest BCUT2D eigenvalue weighted by molar-refractivity contribution is 0.294. The Hall–Kier alpha value is -1.11. The van der Waals surface area contributed by atoms with E-state index in [4.69, 9.17) is 34.3 Å². The highest BCUT2D eigenvalue weighted by Gasteiger charge is 2.14. The molecule has 0 radical (unpaired) electrons. The second-order valence-electron chi connectivity index (χ2n) is 4.48. The molecule has 2 rings (SSSR count). The van der Waals surface area contributed by atoms with Gasteiger partial charge in [-0.2, -0.15) is 5.10 Å². The number of thiocarbonyl (C=S) groups is 1. The van der Waals surface area contributed by atoms with E-state index in [0.29, 0.717) is 22.4 Å². The molecule has 0 aliphatic carbocycles. The van der Waals surface area contributed by atoms with E-state index in [1.165, 1.54) is 0 Å². The monoisotopic (exact) mass is 387 g/mol. The van der Waals surface area contributed by atoms with Crippen molar-refractivity contribution in [1.82, 2.24) is 9.78 Å². The number of nitrogens with two attached hydrogens (primary N) is 1. The first-order valence-electron chi connectivity index (χ1n) is 6.36. The van der Waals surface area contributed by atoms with Gasteiger partial charge < -0.3 is 10.5 Å². The fraction of sp³-hybridized carbons (Fsp3) is 0.286. The number of aryl methyl sites for hydroxylation is 2. The Morgan fingerprint density at radius 1 is 1.52 bits per heavy atom. The third kappa shape index (κ3) is 3.56. The minimum Gasteiger partial charge on any atom is -0.486 e. The minimum atomic E-state index is 0.311. The highest BCUT2D eigenvalue weighted by atomic mass is 79.9. The van der Waals surface area contributed by atoms with Crippen LogP contribution in [-0.2, 0) is 20.1 Å². The lowest BCUT2D eigenvalue weighted by Crippen LogP contribution is -2.09. The number of hydrogen-bond acceptors (Lipinski definition) is 3. The van der Waals surface area contributed by atoms with E-state index in [1.807, 2.05) is 7.05 Å². The molecule has 0 atom stereocenters. The van der Waals surface area contributed by atoms with Crippen LogP contribution < -0.4 is 10.5 Å². The Kier molecular flexibility index (Phi) is 5.24. The SMILES string of the molecule is CCc1nn(C)c(COc2ccc(C(N)=S)cc2Cl)c1Br. The average molecular weight is 389 g/mol. The molecule has 1 heterocycles. The van der Waals surface area contributed by atoms with Gasteiger partial charge in [-0.3, -0.25) is 4.68 Å². The van der Waals surface area contributed by atoms with E-state index in [9.17, 15) is 0 Å². The fourth-order valence-electron chi connectivity index (χ4n) is 1.89. The molecule has 0 bridgehead atoms. The number of ether oxygens (including phenoxy) is 1. The van der Waals surface area contributed by atoms with Crippen LogP contribution in [-0.4, -0.2) is 14.8 Å². The Bertz CT molecular complexity index is 687. The maximum atomic E-state index is 6.18. The zero-order chi connectivity index (χ0) is 15.6. The number of aromatic nitrogens is 2. The number of hydrogen-bond donors (Lipinski definition) is 1. The van der Waals surface area contributed by atoms with Crippen molar-refractivity contribution < 1.29 is 4.74 Å². The Morgan fingerprint density at radius 2 is 2.24 bits per heavy atom. The number of rotatable bonds is 5. The summed E-state index contributed by atoms with van der Waals surface area (Å²) in [6.07, 6.45) is 0.859. The number of halogens is 2. The van der Waals surface area contributed by atoms with Gasteiger partial charge in [-0.25, -0.2) is 0 Å². The lowest BCUT2D eigenvalue weighted by atomic mass is 10.2. The molecule has 21 heavy (non-hydrogen) atoms. The van der Waals surface area contributed by atoms with Gasteiger partial charge in [-0.15, -0.1) is 0 Å². The molecule has 2 N–H and O–H groups in total. The van der Waals surface area contributed by atoms with Gasteiger partial charge in [0.05, 0.1) is 20.9 Å². The molecule has 0 aliphatic heterocycles. The normalized spacial score (nSPS) is 10.7. The number of benzene rings is 1. The molecule has 112 valence electrons. The Balaban J connectivity index is 2.17. The van der Waals surface area contributed by atoms with Crippen molar-refractivity contribution in [3.05, 3.63) is 44.6 Å². The largest absolute Gasteiger partial charge is 0.486 e. The summed E-state index contributed by atoms with van der Waals surface area (Å²) in [4.78, 5) is 0.311. The van der Waals surface area contributed by atoms with Crippen molar-refractivity contribution in [3.8, 4) is 5.75 Å². The van der Waals surface area contributed by atoms with Gasteiger partial charge in [0, 0.05) is 12.6 Å². The van der Waals surface area contributed by atoms with Gasteiger partial charge in [-0.05, 0) is 40.5 Å². The van der Waals surface area contributed by atoms with Crippen molar-refractivity contribution in [2.75, 3.05) is 0 Å². The molecular weight excluding hydrogens is 374 g/mol. The van der Waals surface area contributed by atoms with Gasteiger partial charge in [0.1, 0.15) is 17.3 Å². The smallest absolute Gasteiger partial charge is 0.138 e. The second kappa shape index (κ2) is 6.77. The lowest BCUT2D eigenvalue weighted by Gasteiger charge is -2.10. The van der Waals surface area contributed by atoms with Crippen LogP contribution in [0.4, 0.5) is 0 Å². The van der Waals surface area contributed by atoms with E-state index >= 15 is 0 Å². The fourth-order valence-corrected chi connectivity index (χ4v) is 2.99. The van der Waals surface area contributed by atoms with Gasteiger partial charge in [0.2, 0.25) is 0 Å². The molecule has 7 heteroatoms. The minimum absolute atomic E-state index is 0.311. The predicted octanol–water partition coefficient (Wildman–Crippen LogP) is 3.61. The summed E-state index contributed by atoms with van der Waals surface area (Å²) in [5.41, 5.74) is 8.25. The molecule has 0 spiro atoms. The molecule has 0 saturated heterocycles. The van der Waals surface area contributed by atoms with Gasteiger partial charge >= 0.3 is 0 Å². The van der Waals surface area contributed by atoms with Crippen LogP contribution in [0.3, 0.4) is 0 Å². The van der Waals surface area contributed by atoms with E-state index in [2.05, 4.69) is 28.0 Å². The summed E-state index contributed by atoms with van der Waals surface area (Å²) in [6.45, 7) is 2.43. The van der Waals surface area contributed by atoms with Gasteiger partial charge in [-0.1, -0.05) is 30.7 Å². The summed E-state index contributed by atoms with van der Waals surface area (Å²) >= 11 is 14.6. The van der Waals surface area contributed by atoms with Gasteiger partial charge in [0.15, 0.2) is 0 Å². The zero-order valence-electron chi connectivity index (χ0n) is 11.7. The van der Waals surface area contributed by atoms with Crippen LogP contribution in [0.2, 0.25) is 5.02 Å². The van der Waals surface area contributed by atoms with Crippen molar-refractivity contribution in [1.29, 1.82) is 0 Å². The van der Waals surface area contributed by atoms with Crippen molar-refractivity contribution >= 4 is 44.7 Å². The molecular formula is C14H15BrClN3OS. The first-order valence-corrected chi connectivity index (χ1v) is 7.94. The number of nitrogens with zero attached hydrogens (tertiary/aromatic N) is 2. The van der Waals surface area contributed by atoms with Crippen molar-refractivity contribution in [2.45, 2.75) is 20.0 Å². The topological polar surface area (TPSA) is 53.1 Å². The molecule has 4 nitrogen and oxygen atoms in total. The summed E-state index contributed by atoms with van der Waals surface area (Å²) in [7, 11) is 1.89. The predicted molar refractivity (Wildman–Crippen MR) is 92.0 cm³/mol. The molecule has 0 saturated carbocycles. The van der Waals surface area contributed by atoms with E-state index in [-0.39, 0.29) is 0 Å². The Labute approximate surface area is 142 Å². The van der Waals surface area contributed by atoms with Crippen LogP contribution in [0.15, 0.2) is 22.7 Å². The highest BCUT2D eigenvalue weighted by Crippen LogP contribution is 2.28. The second-order valence-corrected chi connectivity index (χ2v) is 6.12. The standard InChI is InChI=1S/C14H15BrClN3OS/c1-3-10-13(15)11(19(2)18-10)7-20-12-5-4-8(14(17)21)6-9(12)16/h4-6H,3,7H2,1-2H3,(H2,17,21). The van der Waals surface area contributed by atoms with Crippen LogP contribution in [0.5, 0.6) is 5.75 Å². The van der Waals surface area contributed by atoms with E-state index in [0.717, 1.165) is 27.8 Å². The summed E-state index contributed by atoms with van der Waals surface area (Å²) in [5, 5.41) is 4.90. The molecule has 0 unspecified atom stereocenters. The van der Waals surface area contributed by atoms with Crippen molar-refractivity contribution in [2.24, 2.45) is 12.8 Å².